The zero-order valence-corrected chi connectivity index (χ0v) is 18.0. The maximum absolute atomic E-state index is 12.3. The van der Waals surface area contributed by atoms with Crippen LogP contribution in [-0.4, -0.2) is 35.6 Å². The quantitative estimate of drug-likeness (QED) is 0.568. The number of rotatable bonds is 6. The predicted octanol–water partition coefficient (Wildman–Crippen LogP) is 4.60. The van der Waals surface area contributed by atoms with E-state index >= 15 is 0 Å². The largest absolute Gasteiger partial charge is 0.469 e. The van der Waals surface area contributed by atoms with Gasteiger partial charge in [-0.3, -0.25) is 4.79 Å². The molecule has 0 unspecified atom stereocenters. The van der Waals surface area contributed by atoms with Crippen LogP contribution in [0.1, 0.15) is 33.5 Å². The van der Waals surface area contributed by atoms with Crippen LogP contribution in [0.25, 0.3) is 10.2 Å². The molecular weight excluding hydrogens is 414 g/mol. The number of carbonyl (C=O) groups is 2. The molecule has 0 fully saturated rings. The lowest BCUT2D eigenvalue weighted by molar-refractivity contribution is -0.139. The average molecular weight is 434 g/mol. The smallest absolute Gasteiger partial charge is 0.348 e. The molecule has 0 amide bonds. The number of fused-ring (bicyclic) bond motifs is 1. The van der Waals surface area contributed by atoms with Gasteiger partial charge in [-0.2, -0.15) is 0 Å². The van der Waals surface area contributed by atoms with Gasteiger partial charge in [-0.25, -0.2) is 14.8 Å². The summed E-state index contributed by atoms with van der Waals surface area (Å²) >= 11 is 7.44. The molecule has 2 aromatic heterocycles. The van der Waals surface area contributed by atoms with Gasteiger partial charge in [0.1, 0.15) is 27.8 Å². The van der Waals surface area contributed by atoms with Gasteiger partial charge in [0.2, 0.25) is 0 Å². The zero-order valence-electron chi connectivity index (χ0n) is 16.5. The van der Waals surface area contributed by atoms with Crippen molar-refractivity contribution in [2.75, 3.05) is 19.0 Å². The van der Waals surface area contributed by atoms with Crippen molar-refractivity contribution in [1.29, 1.82) is 0 Å². The van der Waals surface area contributed by atoms with E-state index in [2.05, 4.69) is 15.3 Å². The molecule has 7 nitrogen and oxygen atoms in total. The minimum Gasteiger partial charge on any atom is -0.469 e. The number of methoxy groups -OCH3 is 1. The number of ether oxygens (including phenoxy) is 2. The van der Waals surface area contributed by atoms with Gasteiger partial charge in [0, 0.05) is 10.7 Å². The number of thiophene rings is 1. The molecule has 0 aliphatic rings. The molecule has 29 heavy (non-hydrogen) atoms. The Morgan fingerprint density at radius 2 is 2.00 bits per heavy atom. The minimum absolute atomic E-state index is 0.0819. The molecular formula is C20H20ClN3O4S. The normalized spacial score (nSPS) is 10.8. The first kappa shape index (κ1) is 21.0. The van der Waals surface area contributed by atoms with E-state index in [1.54, 1.807) is 13.0 Å². The summed E-state index contributed by atoms with van der Waals surface area (Å²) in [6.45, 7) is 5.77. The number of benzene rings is 1. The fourth-order valence-electron chi connectivity index (χ4n) is 2.75. The zero-order chi connectivity index (χ0) is 21.1. The van der Waals surface area contributed by atoms with Crippen LogP contribution in [0.2, 0.25) is 5.02 Å². The van der Waals surface area contributed by atoms with E-state index in [1.165, 1.54) is 18.4 Å². The number of aryl methyl sites for hydroxylation is 2. The summed E-state index contributed by atoms with van der Waals surface area (Å²) in [4.78, 5) is 34.0. The third kappa shape index (κ3) is 4.49. The first-order valence-electron chi connectivity index (χ1n) is 8.91. The van der Waals surface area contributed by atoms with Crippen molar-refractivity contribution in [2.24, 2.45) is 0 Å². The molecule has 1 aromatic carbocycles. The van der Waals surface area contributed by atoms with Gasteiger partial charge in [0.25, 0.3) is 0 Å². The number of aromatic nitrogens is 2. The van der Waals surface area contributed by atoms with Crippen LogP contribution in [0.15, 0.2) is 18.2 Å². The van der Waals surface area contributed by atoms with Crippen molar-refractivity contribution in [2.45, 2.75) is 27.2 Å². The summed E-state index contributed by atoms with van der Waals surface area (Å²) in [6, 6.07) is 5.56. The van der Waals surface area contributed by atoms with Gasteiger partial charge >= 0.3 is 11.9 Å². The van der Waals surface area contributed by atoms with E-state index in [0.29, 0.717) is 37.3 Å². The molecule has 0 saturated heterocycles. The van der Waals surface area contributed by atoms with Crippen LogP contribution in [0.4, 0.5) is 11.5 Å². The predicted molar refractivity (Wildman–Crippen MR) is 113 cm³/mol. The summed E-state index contributed by atoms with van der Waals surface area (Å²) < 4.78 is 9.87. The molecule has 0 bridgehead atoms. The minimum atomic E-state index is -0.451. The highest BCUT2D eigenvalue weighted by molar-refractivity contribution is 7.20. The number of nitrogens with zero attached hydrogens (tertiary/aromatic N) is 2. The first-order chi connectivity index (χ1) is 13.8. The molecule has 0 spiro atoms. The molecule has 0 saturated carbocycles. The molecule has 0 atom stereocenters. The van der Waals surface area contributed by atoms with Gasteiger partial charge in [0.05, 0.1) is 19.1 Å². The molecule has 0 radical (unpaired) electrons. The number of anilines is 2. The van der Waals surface area contributed by atoms with Crippen LogP contribution in [0.3, 0.4) is 0 Å². The second-order valence-corrected chi connectivity index (χ2v) is 7.69. The number of carbonyl (C=O) groups excluding carboxylic acids is 2. The van der Waals surface area contributed by atoms with Gasteiger partial charge in [-0.15, -0.1) is 11.3 Å². The van der Waals surface area contributed by atoms with Crippen LogP contribution in [0, 0.1) is 13.8 Å². The molecule has 0 aliphatic heterocycles. The van der Waals surface area contributed by atoms with Crippen LogP contribution in [-0.2, 0) is 20.7 Å². The van der Waals surface area contributed by atoms with E-state index < -0.39 is 11.9 Å². The topological polar surface area (TPSA) is 90.4 Å². The summed E-state index contributed by atoms with van der Waals surface area (Å²) in [7, 11) is 1.31. The fourth-order valence-corrected chi connectivity index (χ4v) is 4.03. The van der Waals surface area contributed by atoms with Crippen molar-refractivity contribution < 1.29 is 19.1 Å². The van der Waals surface area contributed by atoms with Gasteiger partial charge in [-0.05, 0) is 44.0 Å². The third-order valence-electron chi connectivity index (χ3n) is 4.26. The van der Waals surface area contributed by atoms with Crippen LogP contribution < -0.4 is 5.32 Å². The van der Waals surface area contributed by atoms with E-state index in [9.17, 15) is 9.59 Å². The van der Waals surface area contributed by atoms with Crippen LogP contribution in [0.5, 0.6) is 0 Å². The SMILES string of the molecule is CCOC(=O)c1sc2nc(CC(=O)OC)nc(Nc3ccc(C)c(Cl)c3)c2c1C. The Kier molecular flexibility index (Phi) is 6.34. The van der Waals surface area contributed by atoms with Gasteiger partial charge in [0.15, 0.2) is 0 Å². The number of halogens is 1. The average Bonchev–Trinajstić information content (AvgIpc) is 3.01. The number of nitrogens with one attached hydrogen (secondary N) is 1. The number of esters is 2. The number of hydrogen-bond donors (Lipinski definition) is 1. The highest BCUT2D eigenvalue weighted by Crippen LogP contribution is 2.36. The highest BCUT2D eigenvalue weighted by atomic mass is 35.5. The van der Waals surface area contributed by atoms with Crippen molar-refractivity contribution in [3.05, 3.63) is 45.1 Å². The Labute approximate surface area is 177 Å². The molecule has 2 heterocycles. The molecule has 1 N–H and O–H groups in total. The standard InChI is InChI=1S/C20H20ClN3O4S/c1-5-28-20(26)17-11(3)16-18(22-12-7-6-10(2)13(21)8-12)23-14(9-15(25)27-4)24-19(16)29-17/h6-8H,5,9H2,1-4H3,(H,22,23,24). The first-order valence-corrected chi connectivity index (χ1v) is 10.1. The third-order valence-corrected chi connectivity index (χ3v) is 5.83. The molecule has 3 aromatic rings. The highest BCUT2D eigenvalue weighted by Gasteiger charge is 2.22. The monoisotopic (exact) mass is 433 g/mol. The van der Waals surface area contributed by atoms with Crippen molar-refractivity contribution in [3.8, 4) is 0 Å². The van der Waals surface area contributed by atoms with Gasteiger partial charge in [-0.1, -0.05) is 17.7 Å². The summed E-state index contributed by atoms with van der Waals surface area (Å²) in [5, 5.41) is 4.55. The summed E-state index contributed by atoms with van der Waals surface area (Å²) in [5.74, 6) is -0.0840. The van der Waals surface area contributed by atoms with Crippen molar-refractivity contribution in [3.63, 3.8) is 0 Å². The summed E-state index contributed by atoms with van der Waals surface area (Å²) in [6.07, 6.45) is -0.0819. The lowest BCUT2D eigenvalue weighted by atomic mass is 10.2. The van der Waals surface area contributed by atoms with Gasteiger partial charge < -0.3 is 14.8 Å². The van der Waals surface area contributed by atoms with E-state index in [0.717, 1.165) is 11.3 Å². The molecule has 152 valence electrons. The fraction of sp³-hybridized carbons (Fsp3) is 0.300. The Balaban J connectivity index is 2.13. The molecule has 9 heteroatoms. The second kappa shape index (κ2) is 8.75. The second-order valence-electron chi connectivity index (χ2n) is 6.29. The Morgan fingerprint density at radius 3 is 2.66 bits per heavy atom. The van der Waals surface area contributed by atoms with Crippen LogP contribution >= 0.6 is 22.9 Å². The Morgan fingerprint density at radius 1 is 1.24 bits per heavy atom. The van der Waals surface area contributed by atoms with E-state index in [4.69, 9.17) is 21.1 Å². The lowest BCUT2D eigenvalue weighted by Gasteiger charge is -2.10. The van der Waals surface area contributed by atoms with Crippen molar-refractivity contribution in [1.82, 2.24) is 9.97 Å². The lowest BCUT2D eigenvalue weighted by Crippen LogP contribution is -2.09. The number of hydrogen-bond acceptors (Lipinski definition) is 8. The summed E-state index contributed by atoms with van der Waals surface area (Å²) in [5.41, 5.74) is 2.40. The van der Waals surface area contributed by atoms with Crippen molar-refractivity contribution >= 4 is 56.6 Å². The van der Waals surface area contributed by atoms with E-state index in [1.807, 2.05) is 26.0 Å². The van der Waals surface area contributed by atoms with E-state index in [-0.39, 0.29) is 13.0 Å². The Bertz CT molecular complexity index is 1100. The molecule has 0 aliphatic carbocycles. The maximum atomic E-state index is 12.3. The Hall–Kier alpha value is -2.71. The maximum Gasteiger partial charge on any atom is 0.348 e. The molecule has 3 rings (SSSR count).